The lowest BCUT2D eigenvalue weighted by atomic mass is 10.0. The second-order valence-electron chi connectivity index (χ2n) is 3.06. The Labute approximate surface area is 78.0 Å². The molecule has 1 aromatic rings. The molecule has 0 amide bonds. The van der Waals surface area contributed by atoms with Crippen LogP contribution in [0.15, 0.2) is 28.6 Å². The highest BCUT2D eigenvalue weighted by molar-refractivity contribution is 6.19. The molecule has 1 heterocycles. The van der Waals surface area contributed by atoms with Crippen LogP contribution in [0.5, 0.6) is 0 Å². The SMILES string of the molecule is CC(C)C(=Cc1ccoc1)CCl. The maximum Gasteiger partial charge on any atom is 0.0974 e. The maximum atomic E-state index is 5.78. The quantitative estimate of drug-likeness (QED) is 0.655. The lowest BCUT2D eigenvalue weighted by Crippen LogP contribution is -1.94. The normalized spacial score (nSPS) is 12.5. The number of rotatable bonds is 3. The first-order valence-corrected chi connectivity index (χ1v) is 4.56. The van der Waals surface area contributed by atoms with Gasteiger partial charge >= 0.3 is 0 Å². The molecule has 0 saturated carbocycles. The monoisotopic (exact) mass is 184 g/mol. The van der Waals surface area contributed by atoms with E-state index in [0.29, 0.717) is 11.8 Å². The molecule has 0 N–H and O–H groups in total. The standard InChI is InChI=1S/C10H13ClO/c1-8(2)10(6-11)5-9-3-4-12-7-9/h3-5,7-8H,6H2,1-2H3. The molecule has 0 radical (unpaired) electrons. The van der Waals surface area contributed by atoms with Crippen molar-refractivity contribution in [1.29, 1.82) is 0 Å². The van der Waals surface area contributed by atoms with E-state index in [4.69, 9.17) is 16.0 Å². The Hall–Kier alpha value is -0.690. The van der Waals surface area contributed by atoms with Gasteiger partial charge in [0.2, 0.25) is 0 Å². The third-order valence-electron chi connectivity index (χ3n) is 1.79. The van der Waals surface area contributed by atoms with Crippen LogP contribution < -0.4 is 0 Å². The fraction of sp³-hybridized carbons (Fsp3) is 0.400. The van der Waals surface area contributed by atoms with Crippen LogP contribution in [0.3, 0.4) is 0 Å². The van der Waals surface area contributed by atoms with Gasteiger partial charge in [-0.25, -0.2) is 0 Å². The Morgan fingerprint density at radius 1 is 1.67 bits per heavy atom. The minimum atomic E-state index is 0.498. The summed E-state index contributed by atoms with van der Waals surface area (Å²) in [4.78, 5) is 0. The summed E-state index contributed by atoms with van der Waals surface area (Å²) in [6.07, 6.45) is 5.45. The van der Waals surface area contributed by atoms with E-state index < -0.39 is 0 Å². The van der Waals surface area contributed by atoms with E-state index >= 15 is 0 Å². The highest BCUT2D eigenvalue weighted by Crippen LogP contribution is 2.16. The van der Waals surface area contributed by atoms with Crippen molar-refractivity contribution >= 4 is 17.7 Å². The van der Waals surface area contributed by atoms with Gasteiger partial charge in [0.1, 0.15) is 0 Å². The second-order valence-corrected chi connectivity index (χ2v) is 3.33. The van der Waals surface area contributed by atoms with Gasteiger partial charge in [-0.1, -0.05) is 25.5 Å². The largest absolute Gasteiger partial charge is 0.472 e. The molecular formula is C10H13ClO. The molecule has 1 aromatic heterocycles. The van der Waals surface area contributed by atoms with Crippen molar-refractivity contribution in [3.63, 3.8) is 0 Å². The smallest absolute Gasteiger partial charge is 0.0974 e. The first-order chi connectivity index (χ1) is 5.74. The van der Waals surface area contributed by atoms with Crippen LogP contribution in [0.2, 0.25) is 0 Å². The summed E-state index contributed by atoms with van der Waals surface area (Å²) in [5.74, 6) is 1.08. The van der Waals surface area contributed by atoms with Crippen LogP contribution >= 0.6 is 11.6 Å². The zero-order valence-electron chi connectivity index (χ0n) is 7.38. The summed E-state index contributed by atoms with van der Waals surface area (Å²) in [7, 11) is 0. The van der Waals surface area contributed by atoms with Crippen molar-refractivity contribution in [3.05, 3.63) is 29.7 Å². The van der Waals surface area contributed by atoms with Gasteiger partial charge in [-0.2, -0.15) is 0 Å². The molecule has 2 heteroatoms. The third kappa shape index (κ3) is 2.42. The van der Waals surface area contributed by atoms with Crippen molar-refractivity contribution in [2.24, 2.45) is 5.92 Å². The Bertz CT molecular complexity index is 247. The van der Waals surface area contributed by atoms with Crippen molar-refractivity contribution in [3.8, 4) is 0 Å². The van der Waals surface area contributed by atoms with Gasteiger partial charge in [-0.15, -0.1) is 11.6 Å². The lowest BCUT2D eigenvalue weighted by molar-refractivity contribution is 0.566. The number of furan rings is 1. The van der Waals surface area contributed by atoms with Crippen molar-refractivity contribution in [2.45, 2.75) is 13.8 Å². The van der Waals surface area contributed by atoms with E-state index in [1.165, 1.54) is 5.57 Å². The molecule has 12 heavy (non-hydrogen) atoms. The predicted molar refractivity (Wildman–Crippen MR) is 52.2 cm³/mol. The molecular weight excluding hydrogens is 172 g/mol. The van der Waals surface area contributed by atoms with Crippen LogP contribution in [-0.2, 0) is 0 Å². The summed E-state index contributed by atoms with van der Waals surface area (Å²) in [6.45, 7) is 4.27. The van der Waals surface area contributed by atoms with Gasteiger partial charge in [0.05, 0.1) is 12.5 Å². The molecule has 1 nitrogen and oxygen atoms in total. The van der Waals surface area contributed by atoms with Crippen LogP contribution in [0.25, 0.3) is 6.08 Å². The van der Waals surface area contributed by atoms with Crippen molar-refractivity contribution in [1.82, 2.24) is 0 Å². The van der Waals surface area contributed by atoms with E-state index in [-0.39, 0.29) is 0 Å². The lowest BCUT2D eigenvalue weighted by Gasteiger charge is -2.05. The zero-order valence-corrected chi connectivity index (χ0v) is 8.14. The molecule has 0 aromatic carbocycles. The summed E-state index contributed by atoms with van der Waals surface area (Å²) in [6, 6.07) is 1.93. The van der Waals surface area contributed by atoms with Gasteiger partial charge in [-0.3, -0.25) is 0 Å². The number of allylic oxidation sites excluding steroid dienone is 1. The molecule has 0 aliphatic rings. The number of halogens is 1. The summed E-state index contributed by atoms with van der Waals surface area (Å²) in [5.41, 5.74) is 2.32. The summed E-state index contributed by atoms with van der Waals surface area (Å²) in [5, 5.41) is 0. The molecule has 1 rings (SSSR count). The fourth-order valence-electron chi connectivity index (χ4n) is 0.931. The molecule has 0 fully saturated rings. The topological polar surface area (TPSA) is 13.1 Å². The fourth-order valence-corrected chi connectivity index (χ4v) is 1.32. The minimum Gasteiger partial charge on any atom is -0.472 e. The number of alkyl halides is 1. The molecule has 0 aliphatic carbocycles. The Balaban J connectivity index is 2.78. The predicted octanol–water partition coefficient (Wildman–Crippen LogP) is 3.56. The van der Waals surface area contributed by atoms with Gasteiger partial charge in [-0.05, 0) is 12.0 Å². The van der Waals surface area contributed by atoms with E-state index in [1.807, 2.05) is 6.07 Å². The first kappa shape index (κ1) is 9.40. The maximum absolute atomic E-state index is 5.78. The number of hydrogen-bond donors (Lipinski definition) is 0. The van der Waals surface area contributed by atoms with Gasteiger partial charge in [0.25, 0.3) is 0 Å². The average Bonchev–Trinajstić information content (AvgIpc) is 2.51. The van der Waals surface area contributed by atoms with Crippen molar-refractivity contribution < 1.29 is 4.42 Å². The van der Waals surface area contributed by atoms with Crippen LogP contribution in [0.4, 0.5) is 0 Å². The van der Waals surface area contributed by atoms with Gasteiger partial charge in [0, 0.05) is 11.4 Å². The highest BCUT2D eigenvalue weighted by atomic mass is 35.5. The molecule has 0 atom stereocenters. The Kier molecular flexibility index (Phi) is 3.42. The van der Waals surface area contributed by atoms with E-state index in [9.17, 15) is 0 Å². The highest BCUT2D eigenvalue weighted by Gasteiger charge is 2.01. The second kappa shape index (κ2) is 4.36. The number of hydrogen-bond acceptors (Lipinski definition) is 1. The third-order valence-corrected chi connectivity index (χ3v) is 2.10. The van der Waals surface area contributed by atoms with Crippen LogP contribution in [0, 0.1) is 5.92 Å². The van der Waals surface area contributed by atoms with Gasteiger partial charge < -0.3 is 4.42 Å². The molecule has 0 unspecified atom stereocenters. The Morgan fingerprint density at radius 2 is 2.42 bits per heavy atom. The molecule has 66 valence electrons. The van der Waals surface area contributed by atoms with Crippen LogP contribution in [-0.4, -0.2) is 5.88 Å². The summed E-state index contributed by atoms with van der Waals surface area (Å²) < 4.78 is 4.95. The van der Waals surface area contributed by atoms with Crippen molar-refractivity contribution in [2.75, 3.05) is 5.88 Å². The van der Waals surface area contributed by atoms with Gasteiger partial charge in [0.15, 0.2) is 0 Å². The Morgan fingerprint density at radius 3 is 2.83 bits per heavy atom. The van der Waals surface area contributed by atoms with E-state index in [2.05, 4.69) is 19.9 Å². The minimum absolute atomic E-state index is 0.498. The van der Waals surface area contributed by atoms with E-state index in [0.717, 1.165) is 5.56 Å². The zero-order chi connectivity index (χ0) is 8.97. The average molecular weight is 185 g/mol. The van der Waals surface area contributed by atoms with E-state index in [1.54, 1.807) is 12.5 Å². The molecule has 0 saturated heterocycles. The van der Waals surface area contributed by atoms with Crippen LogP contribution in [0.1, 0.15) is 19.4 Å². The molecule has 0 aliphatic heterocycles. The summed E-state index contributed by atoms with van der Waals surface area (Å²) >= 11 is 5.78. The first-order valence-electron chi connectivity index (χ1n) is 4.02. The molecule has 0 bridgehead atoms. The molecule has 0 spiro atoms.